The second kappa shape index (κ2) is 30.6. The predicted molar refractivity (Wildman–Crippen MR) is 378 cm³/mol. The molecular weight excluding hydrogens is 1560 g/mol. The van der Waals surface area contributed by atoms with Crippen molar-refractivity contribution in [1.82, 2.24) is 19.9 Å². The number of hydrogen-bond donors (Lipinski definition) is 0. The smallest absolute Gasteiger partial charge is 0.313 e. The molecule has 12 aromatic rings. The molecule has 0 saturated heterocycles. The van der Waals surface area contributed by atoms with Crippen LogP contribution < -0.4 is 42.4 Å². The van der Waals surface area contributed by atoms with Gasteiger partial charge >= 0.3 is 85.8 Å². The summed E-state index contributed by atoms with van der Waals surface area (Å²) in [5.74, 6) is 0. The third-order valence-corrected chi connectivity index (χ3v) is 30.0. The number of halogens is 12. The van der Waals surface area contributed by atoms with Crippen molar-refractivity contribution in [2.75, 3.05) is 0 Å². The van der Waals surface area contributed by atoms with Gasteiger partial charge in [0.2, 0.25) is 0 Å². The maximum Gasteiger partial charge on any atom is 2.00 e. The Hall–Kier alpha value is -7.66. The van der Waals surface area contributed by atoms with E-state index >= 15 is 9.13 Å². The van der Waals surface area contributed by atoms with Crippen molar-refractivity contribution in [2.45, 2.75) is 22.6 Å². The van der Waals surface area contributed by atoms with E-state index in [0.717, 1.165) is 44.0 Å². The van der Waals surface area contributed by atoms with E-state index in [0.29, 0.717) is 0 Å². The van der Waals surface area contributed by atoms with Crippen LogP contribution in [0.4, 0.5) is 50.4 Å². The molecule has 25 heteroatoms. The Balaban J connectivity index is 0.000000246. The summed E-state index contributed by atoms with van der Waals surface area (Å²) in [5, 5.41) is 8.41. The average molecular weight is 1620 g/mol. The van der Waals surface area contributed by atoms with E-state index in [9.17, 15) is 50.4 Å². The van der Waals surface area contributed by atoms with E-state index in [-0.39, 0.29) is 31.1 Å². The third-order valence-electron chi connectivity index (χ3n) is 15.1. The summed E-state index contributed by atoms with van der Waals surface area (Å²) in [6.45, 7) is 0. The number of nitrogens with zero attached hydrogens (tertiary/aromatic N) is 4. The van der Waals surface area contributed by atoms with Crippen LogP contribution in [0.5, 0.6) is 0 Å². The fourth-order valence-electron chi connectivity index (χ4n) is 11.5. The molecule has 6 nitrogen and oxygen atoms in total. The zero-order valence-corrected chi connectivity index (χ0v) is 59.0. The van der Waals surface area contributed by atoms with Gasteiger partial charge in [-0.3, -0.25) is 19.9 Å². The van der Waals surface area contributed by atoms with Crippen LogP contribution in [0.3, 0.4) is 0 Å². The van der Waals surface area contributed by atoms with Crippen LogP contribution in [0.15, 0.2) is 340 Å². The number of pyridine rings is 4. The zero-order chi connectivity index (χ0) is 68.6. The van der Waals surface area contributed by atoms with Crippen LogP contribution in [-0.4, -0.2) is 42.6 Å². The molecule has 0 N–H and O–H groups in total. The molecule has 97 heavy (non-hydrogen) atoms. The van der Waals surface area contributed by atoms with E-state index in [1.165, 1.54) is 21.2 Å². The Morgan fingerprint density at radius 1 is 0.247 bits per heavy atom. The Morgan fingerprint density at radius 2 is 0.402 bits per heavy atom. The average Bonchev–Trinajstić information content (AvgIpc) is 0.674. The SMILES string of the molecule is F[P-](F)(F)(F)(F)F.F[P-](F)(F)(F)(F)F.O=P(c1ccccc1)(c1ccccc1)[C@@H]1[C@@H]([PH+](c2ccccc2)c2ccccc2)[C@@H]([PH+](c2ccccc2)c2ccccc2)[C@@H]1P(=O)(c1ccccc1)c1ccccc1.[Os+2].c1ccc(-c2ccccn2)nc1.c1ccc(-c2ccccn2)nc1. The van der Waals surface area contributed by atoms with E-state index in [2.05, 4.69) is 190 Å². The van der Waals surface area contributed by atoms with Gasteiger partial charge in [0.15, 0.2) is 14.3 Å². The van der Waals surface area contributed by atoms with Crippen LogP contribution in [0.1, 0.15) is 0 Å². The van der Waals surface area contributed by atoms with Gasteiger partial charge in [-0.2, -0.15) is 0 Å². The molecule has 1 aliphatic carbocycles. The van der Waals surface area contributed by atoms with Crippen LogP contribution >= 0.6 is 45.7 Å². The topological polar surface area (TPSA) is 85.7 Å². The standard InChI is InChI=1S/C52H44O2P4.2C10H8N2.2F6P.Os/c53-57(45-33-17-5-18-34-45,46-35-19-6-20-36-46)51-49(55(41-25-9-1-10-26-41)42-27-11-2-12-28-42)50(56(43-29-13-3-14-30-43)44-31-15-4-16-32-44)52(51)58(54,47-37-21-7-22-38-47)48-39-23-8-24-40-48;2*1-3-7-11-9(5-1)10-6-2-4-8-12-10;2*1-7(2,3,4,5)6;/h1-40,49-52H;2*1-8H;;;/q;;;2*-1;+2/p+2/t49-,50+,51+,52-;;;;;. The van der Waals surface area contributed by atoms with E-state index in [1.807, 2.05) is 146 Å². The summed E-state index contributed by atoms with van der Waals surface area (Å²) in [4.78, 5) is 16.7. The van der Waals surface area contributed by atoms with Gasteiger partial charge in [-0.05, 0) is 97.1 Å². The molecule has 1 saturated carbocycles. The molecule has 1 fully saturated rings. The summed E-state index contributed by atoms with van der Waals surface area (Å²) < 4.78 is 153. The van der Waals surface area contributed by atoms with Gasteiger partial charge in [0.1, 0.15) is 11.3 Å². The van der Waals surface area contributed by atoms with Crippen LogP contribution in [0.2, 0.25) is 0 Å². The largest absolute Gasteiger partial charge is 2.00 e. The fourth-order valence-corrected chi connectivity index (χ4v) is 30.0. The molecule has 0 unspecified atom stereocenters. The minimum absolute atomic E-state index is 0. The van der Waals surface area contributed by atoms with Crippen molar-refractivity contribution in [3.63, 3.8) is 0 Å². The summed E-state index contributed by atoms with van der Waals surface area (Å²) in [7, 11) is -31.9. The first kappa shape index (κ1) is 75.1. The van der Waals surface area contributed by atoms with Gasteiger partial charge in [-0.1, -0.05) is 218 Å². The second-order valence-electron chi connectivity index (χ2n) is 21.8. The summed E-state index contributed by atoms with van der Waals surface area (Å²) in [5.41, 5.74) is 2.63. The molecule has 4 atom stereocenters. The minimum atomic E-state index is -10.7. The molecule has 0 bridgehead atoms. The van der Waals surface area contributed by atoms with Gasteiger partial charge < -0.3 is 9.13 Å². The molecule has 13 rings (SSSR count). The van der Waals surface area contributed by atoms with Gasteiger partial charge in [0.25, 0.3) is 0 Å². The molecule has 1 aliphatic rings. The molecule has 4 aromatic heterocycles. The Kier molecular flexibility index (Phi) is 23.7. The van der Waals surface area contributed by atoms with Gasteiger partial charge in [0.05, 0.1) is 71.2 Å². The third kappa shape index (κ3) is 22.2. The van der Waals surface area contributed by atoms with Crippen molar-refractivity contribution in [1.29, 1.82) is 0 Å². The Morgan fingerprint density at radius 3 is 0.557 bits per heavy atom. The molecule has 0 spiro atoms. The number of aromatic nitrogens is 4. The van der Waals surface area contributed by atoms with Crippen molar-refractivity contribution in [3.05, 3.63) is 340 Å². The first-order valence-corrected chi connectivity index (χ1v) is 40.3. The van der Waals surface area contributed by atoms with Crippen molar-refractivity contribution < 1.29 is 79.3 Å². The summed E-state index contributed by atoms with van der Waals surface area (Å²) in [6, 6.07) is 108. The molecule has 0 radical (unpaired) electrons. The molecule has 8 aromatic carbocycles. The first-order valence-electron chi connectivity index (χ1n) is 29.6. The van der Waals surface area contributed by atoms with Crippen LogP contribution in [0.25, 0.3) is 22.8 Å². The molecule has 0 amide bonds. The van der Waals surface area contributed by atoms with Crippen molar-refractivity contribution in [3.8, 4) is 22.8 Å². The normalized spacial score (nSPS) is 16.6. The number of hydrogen-bond acceptors (Lipinski definition) is 6. The quantitative estimate of drug-likeness (QED) is 0.0796. The van der Waals surface area contributed by atoms with E-state index in [4.69, 9.17) is 0 Å². The molecular formula is C72H62F12N4O2OsP6+2. The fraction of sp³-hybridized carbons (Fsp3) is 0.0556. The van der Waals surface area contributed by atoms with Gasteiger partial charge in [0, 0.05) is 46.0 Å². The molecule has 502 valence electrons. The zero-order valence-electron chi connectivity index (χ0n) is 50.9. The van der Waals surface area contributed by atoms with Crippen molar-refractivity contribution >= 4 is 88.2 Å². The minimum Gasteiger partial charge on any atom is -0.313 e. The summed E-state index contributed by atoms with van der Waals surface area (Å²) >= 11 is 0. The van der Waals surface area contributed by atoms with Crippen LogP contribution in [-0.2, 0) is 28.9 Å². The maximum atomic E-state index is 17.4. The van der Waals surface area contributed by atoms with E-state index < -0.39 is 57.1 Å². The molecule has 4 heterocycles. The van der Waals surface area contributed by atoms with Gasteiger partial charge in [-0.15, -0.1) is 0 Å². The van der Waals surface area contributed by atoms with Gasteiger partial charge in [-0.25, -0.2) is 0 Å². The first-order chi connectivity index (χ1) is 45.4. The number of benzene rings is 8. The Labute approximate surface area is 569 Å². The van der Waals surface area contributed by atoms with E-state index in [1.54, 1.807) is 24.8 Å². The number of rotatable bonds is 14. The maximum absolute atomic E-state index is 17.4. The van der Waals surface area contributed by atoms with Crippen LogP contribution in [0, 0.1) is 0 Å². The van der Waals surface area contributed by atoms with Crippen molar-refractivity contribution in [2.24, 2.45) is 0 Å². The monoisotopic (exact) mass is 1620 g/mol. The molecule has 0 aliphatic heterocycles. The predicted octanol–water partition coefficient (Wildman–Crippen LogP) is 20.3. The Bertz CT molecular complexity index is 3920. The summed E-state index contributed by atoms with van der Waals surface area (Å²) in [6.07, 6.45) is 7.07. The second-order valence-corrected chi connectivity index (χ2v) is 36.8.